The van der Waals surface area contributed by atoms with E-state index in [1.54, 1.807) is 22.7 Å². The number of hydrogen-bond acceptors (Lipinski definition) is 7. The molecule has 0 unspecified atom stereocenters. The number of carbonyl (C=O) groups excluding carboxylic acids is 1. The van der Waals surface area contributed by atoms with Gasteiger partial charge in [0.1, 0.15) is 0 Å². The molecule has 0 aliphatic rings. The quantitative estimate of drug-likeness (QED) is 0.736. The van der Waals surface area contributed by atoms with Crippen molar-refractivity contribution in [1.82, 2.24) is 9.97 Å². The summed E-state index contributed by atoms with van der Waals surface area (Å²) in [4.78, 5) is 22.2. The van der Waals surface area contributed by atoms with Crippen LogP contribution >= 0.6 is 22.7 Å². The van der Waals surface area contributed by atoms with Gasteiger partial charge in [0.15, 0.2) is 5.13 Å². The second-order valence-electron chi connectivity index (χ2n) is 4.26. The minimum atomic E-state index is -0.169. The average Bonchev–Trinajstić information content (AvgIpc) is 3.07. The zero-order valence-corrected chi connectivity index (χ0v) is 13.2. The lowest BCUT2D eigenvalue weighted by Crippen LogP contribution is -2.16. The van der Waals surface area contributed by atoms with Gasteiger partial charge in [-0.05, 0) is 6.92 Å². The minimum absolute atomic E-state index is 0.169. The summed E-state index contributed by atoms with van der Waals surface area (Å²) in [5.41, 5.74) is 3.81. The van der Waals surface area contributed by atoms with E-state index in [1.807, 2.05) is 30.2 Å². The molecule has 108 valence electrons. The van der Waals surface area contributed by atoms with E-state index in [2.05, 4.69) is 14.9 Å². The Morgan fingerprint density at radius 3 is 2.95 bits per heavy atom. The molecule has 2 rings (SSSR count). The van der Waals surface area contributed by atoms with Crippen molar-refractivity contribution in [2.45, 2.75) is 26.3 Å². The maximum absolute atomic E-state index is 11.3. The van der Waals surface area contributed by atoms with E-state index in [9.17, 15) is 4.79 Å². The van der Waals surface area contributed by atoms with E-state index >= 15 is 0 Å². The number of aryl methyl sites for hydroxylation is 1. The highest BCUT2D eigenvalue weighted by Crippen LogP contribution is 2.21. The number of esters is 1. The summed E-state index contributed by atoms with van der Waals surface area (Å²) < 4.78 is 4.91. The molecular formula is C13H17N3O2S2. The molecule has 7 heteroatoms. The summed E-state index contributed by atoms with van der Waals surface area (Å²) in [5.74, 6) is -0.169. The van der Waals surface area contributed by atoms with E-state index in [0.717, 1.165) is 23.1 Å². The van der Waals surface area contributed by atoms with Gasteiger partial charge < -0.3 is 9.64 Å². The summed E-state index contributed by atoms with van der Waals surface area (Å²) in [6, 6.07) is 0. The average molecular weight is 311 g/mol. The molecule has 0 bridgehead atoms. The van der Waals surface area contributed by atoms with E-state index in [4.69, 9.17) is 4.74 Å². The van der Waals surface area contributed by atoms with Gasteiger partial charge in [0.05, 0.1) is 36.5 Å². The Kier molecular flexibility index (Phi) is 5.49. The number of ether oxygens (including phenoxy) is 1. The van der Waals surface area contributed by atoms with Crippen LogP contribution in [0, 0.1) is 0 Å². The van der Waals surface area contributed by atoms with Crippen molar-refractivity contribution >= 4 is 33.8 Å². The molecular weight excluding hydrogens is 294 g/mol. The molecule has 2 aromatic rings. The monoisotopic (exact) mass is 311 g/mol. The molecule has 0 saturated heterocycles. The molecule has 0 fully saturated rings. The minimum Gasteiger partial charge on any atom is -0.466 e. The van der Waals surface area contributed by atoms with Gasteiger partial charge in [-0.1, -0.05) is 0 Å². The van der Waals surface area contributed by atoms with E-state index in [0.29, 0.717) is 19.4 Å². The maximum Gasteiger partial charge on any atom is 0.306 e. The van der Waals surface area contributed by atoms with Gasteiger partial charge in [0, 0.05) is 24.2 Å². The molecule has 0 amide bonds. The lowest BCUT2D eigenvalue weighted by molar-refractivity contribution is -0.143. The van der Waals surface area contributed by atoms with Crippen LogP contribution in [0.15, 0.2) is 16.3 Å². The first kappa shape index (κ1) is 14.9. The van der Waals surface area contributed by atoms with Gasteiger partial charge in [-0.2, -0.15) is 0 Å². The summed E-state index contributed by atoms with van der Waals surface area (Å²) in [6.45, 7) is 2.98. The smallest absolute Gasteiger partial charge is 0.306 e. The highest BCUT2D eigenvalue weighted by molar-refractivity contribution is 7.13. The van der Waals surface area contributed by atoms with Gasteiger partial charge in [-0.25, -0.2) is 9.97 Å². The van der Waals surface area contributed by atoms with E-state index in [-0.39, 0.29) is 5.97 Å². The fourth-order valence-electron chi connectivity index (χ4n) is 1.68. The molecule has 2 aromatic heterocycles. The van der Waals surface area contributed by atoms with Crippen molar-refractivity contribution in [3.63, 3.8) is 0 Å². The Morgan fingerprint density at radius 2 is 2.25 bits per heavy atom. The Labute approximate surface area is 126 Å². The SMILES string of the molecule is CCOC(=O)CCc1csc(N(C)Cc2cscn2)n1. The Balaban J connectivity index is 1.86. The van der Waals surface area contributed by atoms with Crippen LogP contribution in [0.2, 0.25) is 0 Å². The second-order valence-corrected chi connectivity index (χ2v) is 5.82. The van der Waals surface area contributed by atoms with Gasteiger partial charge in [-0.3, -0.25) is 4.79 Å². The summed E-state index contributed by atoms with van der Waals surface area (Å²) in [6.07, 6.45) is 1.01. The van der Waals surface area contributed by atoms with Crippen LogP contribution in [0.1, 0.15) is 24.7 Å². The number of rotatable bonds is 7. The van der Waals surface area contributed by atoms with E-state index < -0.39 is 0 Å². The van der Waals surface area contributed by atoms with Crippen LogP contribution in [-0.2, 0) is 22.5 Å². The van der Waals surface area contributed by atoms with Crippen LogP contribution in [-0.4, -0.2) is 29.6 Å². The predicted octanol–water partition coefficient (Wildman–Crippen LogP) is 2.73. The first-order valence-corrected chi connectivity index (χ1v) is 8.19. The summed E-state index contributed by atoms with van der Waals surface area (Å²) >= 11 is 3.17. The topological polar surface area (TPSA) is 55.3 Å². The molecule has 0 aromatic carbocycles. The number of anilines is 1. The van der Waals surface area contributed by atoms with Gasteiger partial charge in [0.2, 0.25) is 0 Å². The molecule has 0 aliphatic carbocycles. The molecule has 0 spiro atoms. The third-order valence-corrected chi connectivity index (χ3v) is 4.28. The molecule has 0 radical (unpaired) electrons. The molecule has 0 N–H and O–H groups in total. The van der Waals surface area contributed by atoms with Crippen molar-refractivity contribution in [2.75, 3.05) is 18.6 Å². The zero-order valence-electron chi connectivity index (χ0n) is 11.5. The molecule has 0 atom stereocenters. The fourth-order valence-corrected chi connectivity index (χ4v) is 3.05. The van der Waals surface area contributed by atoms with Crippen LogP contribution in [0.5, 0.6) is 0 Å². The highest BCUT2D eigenvalue weighted by atomic mass is 32.1. The number of carbonyl (C=O) groups is 1. The first-order chi connectivity index (χ1) is 9.69. The van der Waals surface area contributed by atoms with Gasteiger partial charge in [-0.15, -0.1) is 22.7 Å². The molecule has 0 aliphatic heterocycles. The van der Waals surface area contributed by atoms with Gasteiger partial charge >= 0.3 is 5.97 Å². The van der Waals surface area contributed by atoms with Crippen molar-refractivity contribution in [3.05, 3.63) is 27.7 Å². The Bertz CT molecular complexity index is 540. The maximum atomic E-state index is 11.3. The number of aromatic nitrogens is 2. The standard InChI is InChI=1S/C13H17N3O2S2/c1-3-18-12(17)5-4-10-8-20-13(15-10)16(2)6-11-7-19-9-14-11/h7-9H,3-6H2,1-2H3. The third-order valence-electron chi connectivity index (χ3n) is 2.64. The normalized spacial score (nSPS) is 10.5. The van der Waals surface area contributed by atoms with Crippen LogP contribution in [0.3, 0.4) is 0 Å². The van der Waals surface area contributed by atoms with Crippen LogP contribution in [0.4, 0.5) is 5.13 Å². The lowest BCUT2D eigenvalue weighted by Gasteiger charge is -2.13. The number of thiazole rings is 2. The number of nitrogens with zero attached hydrogens (tertiary/aromatic N) is 3. The van der Waals surface area contributed by atoms with Gasteiger partial charge in [0.25, 0.3) is 0 Å². The predicted molar refractivity (Wildman–Crippen MR) is 81.3 cm³/mol. The van der Waals surface area contributed by atoms with Crippen molar-refractivity contribution in [1.29, 1.82) is 0 Å². The summed E-state index contributed by atoms with van der Waals surface area (Å²) in [7, 11) is 1.99. The fraction of sp³-hybridized carbons (Fsp3) is 0.462. The van der Waals surface area contributed by atoms with E-state index in [1.165, 1.54) is 0 Å². The second kappa shape index (κ2) is 7.35. The van der Waals surface area contributed by atoms with Crippen molar-refractivity contribution in [2.24, 2.45) is 0 Å². The highest BCUT2D eigenvalue weighted by Gasteiger charge is 2.10. The van der Waals surface area contributed by atoms with Crippen molar-refractivity contribution in [3.8, 4) is 0 Å². The first-order valence-electron chi connectivity index (χ1n) is 6.37. The lowest BCUT2D eigenvalue weighted by atomic mass is 10.2. The molecule has 0 saturated carbocycles. The van der Waals surface area contributed by atoms with Crippen LogP contribution < -0.4 is 4.90 Å². The number of hydrogen-bond donors (Lipinski definition) is 0. The van der Waals surface area contributed by atoms with Crippen LogP contribution in [0.25, 0.3) is 0 Å². The Hall–Kier alpha value is -1.47. The zero-order chi connectivity index (χ0) is 14.4. The Morgan fingerprint density at radius 1 is 1.40 bits per heavy atom. The molecule has 20 heavy (non-hydrogen) atoms. The largest absolute Gasteiger partial charge is 0.466 e. The third kappa shape index (κ3) is 4.28. The molecule has 2 heterocycles. The molecule has 5 nitrogen and oxygen atoms in total. The van der Waals surface area contributed by atoms with Crippen molar-refractivity contribution < 1.29 is 9.53 Å². The summed E-state index contributed by atoms with van der Waals surface area (Å²) in [5, 5.41) is 4.97.